The third-order valence-electron chi connectivity index (χ3n) is 4.32. The Bertz CT molecular complexity index is 935. The summed E-state index contributed by atoms with van der Waals surface area (Å²) in [5, 5.41) is 16.4. The van der Waals surface area contributed by atoms with Gasteiger partial charge in [-0.3, -0.25) is 5.10 Å². The van der Waals surface area contributed by atoms with E-state index in [0.29, 0.717) is 0 Å². The topological polar surface area (TPSA) is 75.2 Å². The Kier molecular flexibility index (Phi) is 4.55. The fraction of sp³-hybridized carbons (Fsp3) is 0.238. The number of carboxylic acid groups (broad SMARTS) is 1. The second kappa shape index (κ2) is 6.67. The first kappa shape index (κ1) is 17.7. The lowest BCUT2D eigenvalue weighted by molar-refractivity contribution is 0.0697. The first-order valence-corrected chi connectivity index (χ1v) is 8.37. The molecule has 0 aliphatic rings. The summed E-state index contributed by atoms with van der Waals surface area (Å²) in [6, 6.07) is 14.7. The second-order valence-electron chi connectivity index (χ2n) is 7.21. The Balaban J connectivity index is 1.96. The molecule has 3 rings (SSSR count). The summed E-state index contributed by atoms with van der Waals surface area (Å²) in [6.07, 6.45) is 0. The van der Waals surface area contributed by atoms with Gasteiger partial charge in [0.1, 0.15) is 5.75 Å². The van der Waals surface area contributed by atoms with Gasteiger partial charge in [0.05, 0.1) is 24.1 Å². The van der Waals surface area contributed by atoms with Crippen LogP contribution in [0.3, 0.4) is 0 Å². The third kappa shape index (κ3) is 3.47. The summed E-state index contributed by atoms with van der Waals surface area (Å²) in [5.41, 5.74) is 4.89. The highest BCUT2D eigenvalue weighted by atomic mass is 16.5. The highest BCUT2D eigenvalue weighted by Crippen LogP contribution is 2.35. The van der Waals surface area contributed by atoms with Gasteiger partial charge in [0, 0.05) is 11.1 Å². The van der Waals surface area contributed by atoms with Crippen molar-refractivity contribution in [3.8, 4) is 28.3 Å². The highest BCUT2D eigenvalue weighted by molar-refractivity contribution is 5.88. The van der Waals surface area contributed by atoms with E-state index in [9.17, 15) is 4.79 Å². The molecule has 3 aromatic rings. The smallest absolute Gasteiger partial charge is 0.335 e. The van der Waals surface area contributed by atoms with Crippen molar-refractivity contribution >= 4 is 5.97 Å². The minimum Gasteiger partial charge on any atom is -0.496 e. The van der Waals surface area contributed by atoms with Crippen LogP contribution in [0.1, 0.15) is 36.7 Å². The fourth-order valence-electron chi connectivity index (χ4n) is 2.86. The van der Waals surface area contributed by atoms with Crippen LogP contribution in [0.25, 0.3) is 22.5 Å². The fourth-order valence-corrected chi connectivity index (χ4v) is 2.86. The molecule has 2 aromatic carbocycles. The number of nitrogens with one attached hydrogen (secondary N) is 1. The molecule has 0 saturated carbocycles. The number of aromatic carboxylic acids is 1. The standard InChI is InChI=1S/C21H22N2O3/c1-21(2,3)16-11-15(9-10-19(16)26-4)18-12-17(22-23-18)13-5-7-14(8-6-13)20(24)25/h5-12H,1-4H3,(H,22,23)(H,24,25). The van der Waals surface area contributed by atoms with E-state index in [-0.39, 0.29) is 11.0 Å². The number of carboxylic acids is 1. The van der Waals surface area contributed by atoms with Crippen molar-refractivity contribution in [1.29, 1.82) is 0 Å². The third-order valence-corrected chi connectivity index (χ3v) is 4.32. The zero-order chi connectivity index (χ0) is 18.9. The maximum atomic E-state index is 11.0. The average Bonchev–Trinajstić information content (AvgIpc) is 3.10. The summed E-state index contributed by atoms with van der Waals surface area (Å²) >= 11 is 0. The van der Waals surface area contributed by atoms with Crippen LogP contribution in [0.5, 0.6) is 5.75 Å². The molecule has 1 aromatic heterocycles. The van der Waals surface area contributed by atoms with Gasteiger partial charge >= 0.3 is 5.97 Å². The maximum Gasteiger partial charge on any atom is 0.335 e. The lowest BCUT2D eigenvalue weighted by atomic mass is 9.85. The number of aromatic nitrogens is 2. The van der Waals surface area contributed by atoms with Crippen LogP contribution in [0.4, 0.5) is 0 Å². The summed E-state index contributed by atoms with van der Waals surface area (Å²) in [5.74, 6) is -0.0731. The van der Waals surface area contributed by atoms with Crippen molar-refractivity contribution in [2.45, 2.75) is 26.2 Å². The molecular formula is C21H22N2O3. The maximum absolute atomic E-state index is 11.0. The molecule has 0 unspecified atom stereocenters. The van der Waals surface area contributed by atoms with E-state index in [1.54, 1.807) is 31.4 Å². The number of hydrogen-bond acceptors (Lipinski definition) is 3. The molecule has 0 radical (unpaired) electrons. The Morgan fingerprint density at radius 2 is 1.69 bits per heavy atom. The summed E-state index contributed by atoms with van der Waals surface area (Å²) in [4.78, 5) is 11.0. The summed E-state index contributed by atoms with van der Waals surface area (Å²) in [6.45, 7) is 6.44. The van der Waals surface area contributed by atoms with Gasteiger partial charge in [0.15, 0.2) is 0 Å². The highest BCUT2D eigenvalue weighted by Gasteiger charge is 2.20. The van der Waals surface area contributed by atoms with Crippen LogP contribution in [0.15, 0.2) is 48.5 Å². The van der Waals surface area contributed by atoms with Crippen molar-refractivity contribution in [3.05, 3.63) is 59.7 Å². The SMILES string of the molecule is COc1ccc(-c2cc(-c3ccc(C(=O)O)cc3)[nH]n2)cc1C(C)(C)C. The molecule has 0 spiro atoms. The van der Waals surface area contributed by atoms with E-state index < -0.39 is 5.97 Å². The molecule has 5 nitrogen and oxygen atoms in total. The zero-order valence-corrected chi connectivity index (χ0v) is 15.3. The molecule has 2 N–H and O–H groups in total. The minimum atomic E-state index is -0.935. The van der Waals surface area contributed by atoms with Crippen molar-refractivity contribution in [3.63, 3.8) is 0 Å². The van der Waals surface area contributed by atoms with Crippen LogP contribution >= 0.6 is 0 Å². The number of nitrogens with zero attached hydrogens (tertiary/aromatic N) is 1. The molecule has 134 valence electrons. The van der Waals surface area contributed by atoms with Gasteiger partial charge in [-0.05, 0) is 47.4 Å². The van der Waals surface area contributed by atoms with Gasteiger partial charge in [-0.1, -0.05) is 32.9 Å². The number of aromatic amines is 1. The normalized spacial score (nSPS) is 11.4. The van der Waals surface area contributed by atoms with Crippen LogP contribution < -0.4 is 4.74 Å². The van der Waals surface area contributed by atoms with Crippen molar-refractivity contribution in [2.24, 2.45) is 0 Å². The lowest BCUT2D eigenvalue weighted by Crippen LogP contribution is -2.12. The van der Waals surface area contributed by atoms with E-state index in [1.807, 2.05) is 18.2 Å². The minimum absolute atomic E-state index is 0.0485. The van der Waals surface area contributed by atoms with Gasteiger partial charge in [0.2, 0.25) is 0 Å². The monoisotopic (exact) mass is 350 g/mol. The van der Waals surface area contributed by atoms with Crippen molar-refractivity contribution in [1.82, 2.24) is 10.2 Å². The second-order valence-corrected chi connectivity index (χ2v) is 7.21. The largest absolute Gasteiger partial charge is 0.496 e. The number of H-pyrrole nitrogens is 1. The lowest BCUT2D eigenvalue weighted by Gasteiger charge is -2.22. The molecule has 0 amide bonds. The van der Waals surface area contributed by atoms with E-state index >= 15 is 0 Å². The van der Waals surface area contributed by atoms with Crippen LogP contribution in [-0.2, 0) is 5.41 Å². The Morgan fingerprint density at radius 3 is 2.27 bits per heavy atom. The number of carbonyl (C=O) groups is 1. The van der Waals surface area contributed by atoms with Crippen molar-refractivity contribution in [2.75, 3.05) is 7.11 Å². The molecule has 0 bridgehead atoms. The predicted octanol–water partition coefficient (Wildman–Crippen LogP) is 4.75. The zero-order valence-electron chi connectivity index (χ0n) is 15.3. The number of hydrogen-bond donors (Lipinski definition) is 2. The van der Waals surface area contributed by atoms with E-state index in [1.165, 1.54) is 0 Å². The van der Waals surface area contributed by atoms with Crippen LogP contribution in [0.2, 0.25) is 0 Å². The quantitative estimate of drug-likeness (QED) is 0.712. The van der Waals surface area contributed by atoms with E-state index in [2.05, 4.69) is 37.0 Å². The average molecular weight is 350 g/mol. The molecule has 0 atom stereocenters. The molecule has 0 aliphatic carbocycles. The predicted molar refractivity (Wildman–Crippen MR) is 102 cm³/mol. The van der Waals surface area contributed by atoms with E-state index in [4.69, 9.17) is 9.84 Å². The number of ether oxygens (including phenoxy) is 1. The molecule has 0 saturated heterocycles. The van der Waals surface area contributed by atoms with Crippen molar-refractivity contribution < 1.29 is 14.6 Å². The number of methoxy groups -OCH3 is 1. The number of rotatable bonds is 4. The van der Waals surface area contributed by atoms with E-state index in [0.717, 1.165) is 33.8 Å². The van der Waals surface area contributed by atoms with Crippen LogP contribution in [0, 0.1) is 0 Å². The molecule has 1 heterocycles. The molecule has 5 heteroatoms. The summed E-state index contributed by atoms with van der Waals surface area (Å²) < 4.78 is 5.49. The van der Waals surface area contributed by atoms with Gasteiger partial charge in [0.25, 0.3) is 0 Å². The van der Waals surface area contributed by atoms with Gasteiger partial charge in [-0.15, -0.1) is 0 Å². The molecular weight excluding hydrogens is 328 g/mol. The first-order valence-electron chi connectivity index (χ1n) is 8.37. The Morgan fingerprint density at radius 1 is 1.04 bits per heavy atom. The van der Waals surface area contributed by atoms with Gasteiger partial charge in [-0.25, -0.2) is 4.79 Å². The van der Waals surface area contributed by atoms with Crippen LogP contribution in [-0.4, -0.2) is 28.4 Å². The van der Waals surface area contributed by atoms with Gasteiger partial charge < -0.3 is 9.84 Å². The molecule has 0 fully saturated rings. The Hall–Kier alpha value is -3.08. The van der Waals surface area contributed by atoms with Gasteiger partial charge in [-0.2, -0.15) is 5.10 Å². The first-order chi connectivity index (χ1) is 12.3. The number of benzene rings is 2. The molecule has 0 aliphatic heterocycles. The summed E-state index contributed by atoms with van der Waals surface area (Å²) in [7, 11) is 1.68. The molecule has 26 heavy (non-hydrogen) atoms. The Labute approximate surface area is 152 Å².